The second-order valence-corrected chi connectivity index (χ2v) is 8.66. The highest BCUT2D eigenvalue weighted by atomic mass is 79.9. The van der Waals surface area contributed by atoms with Crippen molar-refractivity contribution in [2.75, 3.05) is 64.6 Å². The van der Waals surface area contributed by atoms with Crippen molar-refractivity contribution in [3.8, 4) is 0 Å². The third-order valence-corrected chi connectivity index (χ3v) is 6.46. The van der Waals surface area contributed by atoms with Crippen molar-refractivity contribution < 1.29 is 9.47 Å². The van der Waals surface area contributed by atoms with Gasteiger partial charge in [-0.3, -0.25) is 4.99 Å². The molecule has 4 rings (SSSR count). The van der Waals surface area contributed by atoms with Crippen molar-refractivity contribution in [2.45, 2.75) is 19.4 Å². The average molecular weight is 437 g/mol. The van der Waals surface area contributed by atoms with E-state index in [9.17, 15) is 0 Å². The van der Waals surface area contributed by atoms with Crippen LogP contribution in [0.3, 0.4) is 0 Å². The highest BCUT2D eigenvalue weighted by molar-refractivity contribution is 9.10. The number of hydrogen-bond donors (Lipinski definition) is 1. The number of nitrogens with zero attached hydrogens (tertiary/aromatic N) is 3. The van der Waals surface area contributed by atoms with Crippen LogP contribution >= 0.6 is 15.9 Å². The molecule has 0 bridgehead atoms. The molecule has 3 saturated heterocycles. The number of benzene rings is 1. The van der Waals surface area contributed by atoms with Gasteiger partial charge in [0.1, 0.15) is 0 Å². The Bertz CT molecular complexity index is 685. The summed E-state index contributed by atoms with van der Waals surface area (Å²) in [5.74, 6) is 0.995. The van der Waals surface area contributed by atoms with Gasteiger partial charge in [0, 0.05) is 62.0 Å². The summed E-state index contributed by atoms with van der Waals surface area (Å²) < 4.78 is 12.3. The van der Waals surface area contributed by atoms with Crippen molar-refractivity contribution >= 4 is 27.6 Å². The zero-order chi connectivity index (χ0) is 18.7. The Morgan fingerprint density at radius 3 is 2.78 bits per heavy atom. The van der Waals surface area contributed by atoms with E-state index in [2.05, 4.69) is 54.2 Å². The molecule has 3 aliphatic heterocycles. The van der Waals surface area contributed by atoms with E-state index in [-0.39, 0.29) is 0 Å². The zero-order valence-corrected chi connectivity index (χ0v) is 17.6. The van der Waals surface area contributed by atoms with E-state index in [0.717, 1.165) is 69.6 Å². The van der Waals surface area contributed by atoms with Gasteiger partial charge >= 0.3 is 0 Å². The van der Waals surface area contributed by atoms with Crippen LogP contribution < -0.4 is 10.2 Å². The molecule has 1 unspecified atom stereocenters. The van der Waals surface area contributed by atoms with Crippen molar-refractivity contribution in [3.05, 3.63) is 28.2 Å². The van der Waals surface area contributed by atoms with Crippen molar-refractivity contribution in [1.29, 1.82) is 0 Å². The summed E-state index contributed by atoms with van der Waals surface area (Å²) in [4.78, 5) is 9.35. The van der Waals surface area contributed by atoms with Gasteiger partial charge in [-0.2, -0.15) is 0 Å². The maximum atomic E-state index is 5.66. The van der Waals surface area contributed by atoms with E-state index in [1.807, 2.05) is 7.05 Å². The van der Waals surface area contributed by atoms with Crippen LogP contribution in [0.25, 0.3) is 0 Å². The summed E-state index contributed by atoms with van der Waals surface area (Å²) in [5, 5.41) is 3.59. The number of nitrogens with one attached hydrogen (secondary N) is 1. The molecule has 0 saturated carbocycles. The minimum absolute atomic E-state index is 0.341. The van der Waals surface area contributed by atoms with Crippen LogP contribution in [0.15, 0.2) is 27.7 Å². The molecule has 7 heteroatoms. The van der Waals surface area contributed by atoms with Crippen LogP contribution in [0.5, 0.6) is 0 Å². The summed E-state index contributed by atoms with van der Waals surface area (Å²) >= 11 is 3.62. The first kappa shape index (κ1) is 19.0. The molecule has 0 aromatic heterocycles. The first-order chi connectivity index (χ1) is 13.2. The molecule has 3 aliphatic rings. The molecule has 3 heterocycles. The quantitative estimate of drug-likeness (QED) is 0.582. The second kappa shape index (κ2) is 8.37. The molecule has 6 nitrogen and oxygen atoms in total. The third-order valence-electron chi connectivity index (χ3n) is 5.97. The maximum Gasteiger partial charge on any atom is 0.193 e. The number of guanidine groups is 1. The van der Waals surface area contributed by atoms with Crippen molar-refractivity contribution in [2.24, 2.45) is 10.4 Å². The molecule has 0 aliphatic carbocycles. The highest BCUT2D eigenvalue weighted by Crippen LogP contribution is 2.38. The van der Waals surface area contributed by atoms with Crippen LogP contribution in [0, 0.1) is 5.41 Å². The van der Waals surface area contributed by atoms with Crippen molar-refractivity contribution in [3.63, 3.8) is 0 Å². The average Bonchev–Trinajstić information content (AvgIpc) is 3.34. The normalized spacial score (nSPS) is 26.2. The number of likely N-dealkylation sites (tertiary alicyclic amines) is 1. The molecule has 3 fully saturated rings. The highest BCUT2D eigenvalue weighted by Gasteiger charge is 2.42. The zero-order valence-electron chi connectivity index (χ0n) is 16.0. The minimum Gasteiger partial charge on any atom is -0.381 e. The van der Waals surface area contributed by atoms with Crippen LogP contribution in [0.4, 0.5) is 5.69 Å². The fourth-order valence-electron chi connectivity index (χ4n) is 4.38. The van der Waals surface area contributed by atoms with Gasteiger partial charge in [0.05, 0.1) is 19.8 Å². The molecule has 1 atom stereocenters. The summed E-state index contributed by atoms with van der Waals surface area (Å²) in [6, 6.07) is 6.53. The molecule has 1 spiro atoms. The van der Waals surface area contributed by atoms with Gasteiger partial charge in [0.2, 0.25) is 0 Å². The predicted octanol–water partition coefficient (Wildman–Crippen LogP) is 2.47. The van der Waals surface area contributed by atoms with E-state index in [1.165, 1.54) is 24.1 Å². The first-order valence-electron chi connectivity index (χ1n) is 9.84. The SMILES string of the molecule is CN=C(NCc1ccc(Br)cc1N1CCOCC1)N1CCC2(CCOC2)C1. The fourth-order valence-corrected chi connectivity index (χ4v) is 4.73. The summed E-state index contributed by atoms with van der Waals surface area (Å²) in [7, 11) is 1.88. The van der Waals surface area contributed by atoms with Crippen LogP contribution in [0.1, 0.15) is 18.4 Å². The Morgan fingerprint density at radius 2 is 2.04 bits per heavy atom. The fraction of sp³-hybridized carbons (Fsp3) is 0.650. The molecule has 148 valence electrons. The molecule has 27 heavy (non-hydrogen) atoms. The number of rotatable bonds is 3. The van der Waals surface area contributed by atoms with Gasteiger partial charge < -0.3 is 24.6 Å². The molecule has 0 amide bonds. The van der Waals surface area contributed by atoms with Crippen LogP contribution in [-0.4, -0.2) is 70.5 Å². The lowest BCUT2D eigenvalue weighted by Crippen LogP contribution is -2.41. The van der Waals surface area contributed by atoms with E-state index < -0.39 is 0 Å². The Balaban J connectivity index is 1.43. The summed E-state index contributed by atoms with van der Waals surface area (Å²) in [5.41, 5.74) is 2.91. The van der Waals surface area contributed by atoms with E-state index in [1.54, 1.807) is 0 Å². The Morgan fingerprint density at radius 1 is 1.19 bits per heavy atom. The van der Waals surface area contributed by atoms with E-state index in [4.69, 9.17) is 9.47 Å². The van der Waals surface area contributed by atoms with Crippen molar-refractivity contribution in [1.82, 2.24) is 10.2 Å². The maximum absolute atomic E-state index is 5.66. The number of halogens is 1. The Hall–Kier alpha value is -1.31. The van der Waals surface area contributed by atoms with E-state index >= 15 is 0 Å². The van der Waals surface area contributed by atoms with E-state index in [0.29, 0.717) is 5.41 Å². The predicted molar refractivity (Wildman–Crippen MR) is 111 cm³/mol. The lowest BCUT2D eigenvalue weighted by molar-refractivity contribution is 0.122. The topological polar surface area (TPSA) is 49.3 Å². The summed E-state index contributed by atoms with van der Waals surface area (Å²) in [6.07, 6.45) is 2.37. The van der Waals surface area contributed by atoms with Gasteiger partial charge in [0.15, 0.2) is 5.96 Å². The van der Waals surface area contributed by atoms with Gasteiger partial charge in [-0.25, -0.2) is 0 Å². The smallest absolute Gasteiger partial charge is 0.193 e. The van der Waals surface area contributed by atoms with Gasteiger partial charge in [-0.1, -0.05) is 22.0 Å². The minimum atomic E-state index is 0.341. The molecule has 1 N–H and O–H groups in total. The largest absolute Gasteiger partial charge is 0.381 e. The Labute approximate surface area is 170 Å². The lowest BCUT2D eigenvalue weighted by atomic mass is 9.87. The molecular formula is C20H29BrN4O2. The lowest BCUT2D eigenvalue weighted by Gasteiger charge is -2.31. The van der Waals surface area contributed by atoms with Crippen LogP contribution in [-0.2, 0) is 16.0 Å². The van der Waals surface area contributed by atoms with Crippen LogP contribution in [0.2, 0.25) is 0 Å². The molecule has 0 radical (unpaired) electrons. The van der Waals surface area contributed by atoms with Gasteiger partial charge in [-0.15, -0.1) is 0 Å². The summed E-state index contributed by atoms with van der Waals surface area (Å²) in [6.45, 7) is 8.13. The second-order valence-electron chi connectivity index (χ2n) is 7.75. The number of ether oxygens (including phenoxy) is 2. The monoisotopic (exact) mass is 436 g/mol. The number of anilines is 1. The number of morpholine rings is 1. The molecule has 1 aromatic rings. The third kappa shape index (κ3) is 4.25. The molecule has 1 aromatic carbocycles. The first-order valence-corrected chi connectivity index (χ1v) is 10.6. The number of hydrogen-bond acceptors (Lipinski definition) is 4. The standard InChI is InChI=1S/C20H29BrN4O2/c1-22-19(25-6-4-20(14-25)5-9-27-15-20)23-13-16-2-3-17(21)12-18(16)24-7-10-26-11-8-24/h2-3,12H,4-11,13-15H2,1H3,(H,22,23). The van der Waals surface area contributed by atoms with Gasteiger partial charge in [-0.05, 0) is 30.5 Å². The van der Waals surface area contributed by atoms with Gasteiger partial charge in [0.25, 0.3) is 0 Å². The number of aliphatic imine (C=N–C) groups is 1. The Kier molecular flexibility index (Phi) is 5.90. The molecular weight excluding hydrogens is 408 g/mol.